The van der Waals surface area contributed by atoms with Crippen LogP contribution in [0.5, 0.6) is 0 Å². The average Bonchev–Trinajstić information content (AvgIpc) is 1.67. The summed E-state index contributed by atoms with van der Waals surface area (Å²) in [4.78, 5) is 242. The number of para-hydroxylation sites is 1. The van der Waals surface area contributed by atoms with Gasteiger partial charge in [-0.1, -0.05) is 67.5 Å². The number of aromatic nitrogens is 5. The molecule has 1 aromatic carbocycles. The van der Waals surface area contributed by atoms with Crippen LogP contribution in [0, 0.1) is 22.7 Å². The van der Waals surface area contributed by atoms with E-state index in [1.165, 1.54) is 58.9 Å². The molecular formula is C68H102N26O18S2. The maximum absolute atomic E-state index is 14.9. The van der Waals surface area contributed by atoms with Crippen LogP contribution in [0.1, 0.15) is 103 Å². The number of primary amides is 2. The molecule has 1 aliphatic rings. The maximum atomic E-state index is 14.9. The second kappa shape index (κ2) is 46.0. The molecule has 114 heavy (non-hydrogen) atoms. The van der Waals surface area contributed by atoms with Gasteiger partial charge in [0, 0.05) is 98.1 Å². The number of carbonyl (C=O) groups excluding carboxylic acids is 15. The molecule has 3 aromatic heterocycles. The molecule has 5 rings (SSSR count). The molecule has 1 aliphatic heterocycles. The Bertz CT molecular complexity index is 4050. The van der Waals surface area contributed by atoms with Crippen molar-refractivity contribution in [2.45, 2.75) is 184 Å². The highest BCUT2D eigenvalue weighted by Gasteiger charge is 2.39. The van der Waals surface area contributed by atoms with Gasteiger partial charge in [0.15, 0.2) is 11.9 Å². The molecule has 15 amide bonds. The largest absolute Gasteiger partial charge is 0.481 e. The van der Waals surface area contributed by atoms with E-state index in [0.29, 0.717) is 16.5 Å². The van der Waals surface area contributed by atoms with Gasteiger partial charge < -0.3 is 128 Å². The molecule has 0 unspecified atom stereocenters. The van der Waals surface area contributed by atoms with Crippen LogP contribution >= 0.6 is 21.6 Å². The number of amides is 15. The Labute approximate surface area is 661 Å². The van der Waals surface area contributed by atoms with Crippen LogP contribution in [0.4, 0.5) is 0 Å². The number of aliphatic carboxylic acids is 1. The van der Waals surface area contributed by atoms with Crippen molar-refractivity contribution in [2.24, 2.45) is 34.8 Å². The van der Waals surface area contributed by atoms with Crippen LogP contribution in [0.3, 0.4) is 0 Å². The lowest BCUT2D eigenvalue weighted by atomic mass is 9.98. The van der Waals surface area contributed by atoms with Crippen molar-refractivity contribution < 1.29 is 86.9 Å². The first-order valence-corrected chi connectivity index (χ1v) is 38.6. The molecule has 0 bridgehead atoms. The van der Waals surface area contributed by atoms with Crippen molar-refractivity contribution in [3.8, 4) is 0 Å². The van der Waals surface area contributed by atoms with Gasteiger partial charge in [0.1, 0.15) is 72.5 Å². The molecule has 0 radical (unpaired) electrons. The highest BCUT2D eigenvalue weighted by molar-refractivity contribution is 8.76. The van der Waals surface area contributed by atoms with E-state index in [1.54, 1.807) is 24.3 Å². The number of rotatable bonds is 28. The molecule has 13 atom stereocenters. The van der Waals surface area contributed by atoms with Crippen LogP contribution in [-0.2, 0) is 96.0 Å². The number of carboxylic acid groups (broad SMARTS) is 1. The normalized spacial score (nSPS) is 22.2. The Kier molecular flexibility index (Phi) is 37.4. The third kappa shape index (κ3) is 31.2. The van der Waals surface area contributed by atoms with E-state index in [0.717, 1.165) is 35.4 Å². The molecule has 4 heterocycles. The number of nitrogens with zero attached hydrogens (tertiary/aromatic N) is 2. The van der Waals surface area contributed by atoms with Crippen LogP contribution in [0.2, 0.25) is 0 Å². The number of fused-ring (bicyclic) bond motifs is 1. The third-order valence-corrected chi connectivity index (χ3v) is 19.8. The quantitative estimate of drug-likeness (QED) is 0.0109. The van der Waals surface area contributed by atoms with Gasteiger partial charge in [0.05, 0.1) is 31.7 Å². The smallest absolute Gasteiger partial charge is 0.305 e. The zero-order valence-electron chi connectivity index (χ0n) is 63.4. The third-order valence-electron chi connectivity index (χ3n) is 17.4. The SMILES string of the molecule is CC(=O)N[C@@H](CCCNC(=N)N)C(=O)N[C@H]1CSSC[C@@H](C(=O)N[C@H](C(N)=O)[C@@H](C)O)NC(=O)[C@H](CCCNC(=N)N)NC(=O)[C@H](Cc2cnc[nH]2)NC(=O)[C@H](Cc2cnc[nH]2)NC(=O)CNC(=O)[C@H](Cc2c[nH]c3ccccc23)NC(=O)[C@H](CC(=O)O)NC(=O)[C@H](CCC(N)=O)NC(=O)[C@H](C(C)C)NC(=O)[C@H](C(C)C)NC1=O. The molecule has 0 spiro atoms. The molecule has 624 valence electrons. The Balaban J connectivity index is 1.68. The van der Waals surface area contributed by atoms with Crippen LogP contribution in [0.15, 0.2) is 55.5 Å². The Morgan fingerprint density at radius 3 is 1.65 bits per heavy atom. The van der Waals surface area contributed by atoms with Crippen molar-refractivity contribution in [1.29, 1.82) is 10.8 Å². The summed E-state index contributed by atoms with van der Waals surface area (Å²) >= 11 is 0. The number of carbonyl (C=O) groups is 16. The zero-order valence-corrected chi connectivity index (χ0v) is 65.0. The zero-order chi connectivity index (χ0) is 84.5. The molecule has 0 aliphatic carbocycles. The predicted molar refractivity (Wildman–Crippen MR) is 413 cm³/mol. The number of imidazole rings is 2. The Morgan fingerprint density at radius 1 is 0.588 bits per heavy atom. The highest BCUT2D eigenvalue weighted by atomic mass is 33.1. The van der Waals surface area contributed by atoms with E-state index in [1.807, 2.05) is 0 Å². The number of benzene rings is 1. The van der Waals surface area contributed by atoms with Crippen LogP contribution in [-0.4, -0.2) is 251 Å². The Morgan fingerprint density at radius 2 is 1.10 bits per heavy atom. The Hall–Kier alpha value is -12.1. The number of H-pyrrole nitrogens is 3. The first kappa shape index (κ1) is 92.5. The number of carboxylic acids is 1. The van der Waals surface area contributed by atoms with Gasteiger partial charge in [-0.15, -0.1) is 0 Å². The first-order chi connectivity index (χ1) is 53.9. The van der Waals surface area contributed by atoms with Gasteiger partial charge >= 0.3 is 5.97 Å². The van der Waals surface area contributed by atoms with E-state index < -0.39 is 234 Å². The molecule has 44 nitrogen and oxygen atoms in total. The summed E-state index contributed by atoms with van der Waals surface area (Å²) < 4.78 is 0. The van der Waals surface area contributed by atoms with Gasteiger partial charge in [-0.3, -0.25) is 87.5 Å². The number of aromatic amines is 3. The molecule has 30 N–H and O–H groups in total. The minimum Gasteiger partial charge on any atom is -0.481 e. The minimum atomic E-state index is -2.06. The second-order valence-corrected chi connectivity index (χ2v) is 29.9. The summed E-state index contributed by atoms with van der Waals surface area (Å²) in [6, 6.07) is -13.5. The molecule has 0 saturated carbocycles. The number of hydrogen-bond donors (Lipinski definition) is 26. The lowest BCUT2D eigenvalue weighted by Crippen LogP contribution is -2.62. The number of guanidine groups is 2. The average molecular weight is 1640 g/mol. The minimum absolute atomic E-state index is 0.0302. The van der Waals surface area contributed by atoms with Gasteiger partial charge in [0.2, 0.25) is 88.6 Å². The summed E-state index contributed by atoms with van der Waals surface area (Å²) in [5, 5.41) is 74.2. The van der Waals surface area contributed by atoms with Crippen molar-refractivity contribution in [3.05, 3.63) is 72.5 Å². The highest BCUT2D eigenvalue weighted by Crippen LogP contribution is 2.25. The fourth-order valence-electron chi connectivity index (χ4n) is 11.4. The van der Waals surface area contributed by atoms with Crippen LogP contribution < -0.4 is 103 Å². The second-order valence-electron chi connectivity index (χ2n) is 27.4. The summed E-state index contributed by atoms with van der Waals surface area (Å²) in [5.41, 5.74) is 23.6. The molecule has 4 aromatic rings. The number of hydrogen-bond acceptors (Lipinski definition) is 23. The molecular weight excluding hydrogens is 1530 g/mol. The number of nitrogens with one attached hydrogen (secondary N) is 20. The van der Waals surface area contributed by atoms with Gasteiger partial charge in [0.25, 0.3) is 0 Å². The fraction of sp³-hybridized carbons (Fsp3) is 0.529. The number of aliphatic hydroxyl groups excluding tert-OH is 1. The standard InChI is InChI=1S/C68H102N26O18S2/c1-31(2)52-65(111)86-42(15-16-49(69)97)59(105)89-46(22-51(99)100)62(108)87-43(19-35-23-79-39-12-8-7-11-38(35)39)56(102)80-26-50(98)84-44(20-36-24-75-29-81-36)60(106)88-45(21-37-25-76-30-82-37)61(107)85-41(14-10-18-78-68(73)74)58(104)91-48(64(110)94-54(33(5)95)55(70)101)28-114-113-27-47(63(109)92-53(32(3)4)66(112)93-52)90-57(103)40(83-34(6)96)13-9-17-77-67(71)72/h7-8,11-12,23-25,29-33,40-48,52-54,79,95H,9-10,13-22,26-28H2,1-6H3,(H2,69,97)(H2,70,101)(H,75,81)(H,76,82)(H,80,102)(H,83,96)(H,84,98)(H,85,107)(H,86,111)(H,87,108)(H,88,106)(H,89,105)(H,90,103)(H,91,104)(H,92,109)(H,93,112)(H,94,110)(H,99,100)(H4,71,72,77)(H4,73,74,78)/t33-,40+,41+,42+,43+,44+,45+,46+,47+,48+,52+,53+,54+/m1/s1. The van der Waals surface area contributed by atoms with E-state index in [9.17, 15) is 86.9 Å². The summed E-state index contributed by atoms with van der Waals surface area (Å²) in [5.74, 6) is -21.1. The van der Waals surface area contributed by atoms with Crippen molar-refractivity contribution in [3.63, 3.8) is 0 Å². The number of aliphatic hydroxyl groups is 1. The molecule has 46 heteroatoms. The van der Waals surface area contributed by atoms with Gasteiger partial charge in [-0.25, -0.2) is 9.97 Å². The first-order valence-electron chi connectivity index (χ1n) is 36.2. The van der Waals surface area contributed by atoms with E-state index in [4.69, 9.17) is 33.8 Å². The summed E-state index contributed by atoms with van der Waals surface area (Å²) in [6.07, 6.45) is 1.34. The number of nitrogens with two attached hydrogens (primary N) is 4. The van der Waals surface area contributed by atoms with E-state index >= 15 is 0 Å². The lowest BCUT2D eigenvalue weighted by Gasteiger charge is -2.30. The van der Waals surface area contributed by atoms with E-state index in [-0.39, 0.29) is 69.4 Å². The fourth-order valence-corrected chi connectivity index (χ4v) is 13.8. The maximum Gasteiger partial charge on any atom is 0.305 e. The summed E-state index contributed by atoms with van der Waals surface area (Å²) in [7, 11) is 1.57. The molecule has 1 saturated heterocycles. The van der Waals surface area contributed by atoms with Crippen molar-refractivity contribution >= 4 is 139 Å². The van der Waals surface area contributed by atoms with Crippen LogP contribution in [0.25, 0.3) is 10.9 Å². The summed E-state index contributed by atoms with van der Waals surface area (Å²) in [6.45, 7) is 7.32. The molecule has 1 fully saturated rings. The predicted octanol–water partition coefficient (Wildman–Crippen LogP) is -7.56. The van der Waals surface area contributed by atoms with E-state index in [2.05, 4.69) is 105 Å². The van der Waals surface area contributed by atoms with Crippen molar-refractivity contribution in [2.75, 3.05) is 31.1 Å². The monoisotopic (exact) mass is 1630 g/mol. The van der Waals surface area contributed by atoms with Crippen molar-refractivity contribution in [1.82, 2.24) is 105 Å². The van der Waals surface area contributed by atoms with Gasteiger partial charge in [-0.2, -0.15) is 0 Å². The van der Waals surface area contributed by atoms with Gasteiger partial charge in [-0.05, 0) is 62.5 Å². The topological polar surface area (TPSA) is 719 Å². The lowest BCUT2D eigenvalue weighted by molar-refractivity contribution is -0.141.